The molecule has 1 aliphatic heterocycles. The van der Waals surface area contributed by atoms with Gasteiger partial charge in [0.05, 0.1) is 13.2 Å². The molecule has 0 aromatic carbocycles. The molecule has 3 N–H and O–H groups in total. The zero-order chi connectivity index (χ0) is 12.6. The molecule has 1 aliphatic carbocycles. The summed E-state index contributed by atoms with van der Waals surface area (Å²) in [6, 6.07) is 0.752. The van der Waals surface area contributed by atoms with Crippen LogP contribution in [0.15, 0.2) is 0 Å². The van der Waals surface area contributed by atoms with Gasteiger partial charge in [0.2, 0.25) is 0 Å². The van der Waals surface area contributed by atoms with Gasteiger partial charge in [-0.3, -0.25) is 0 Å². The van der Waals surface area contributed by atoms with E-state index in [4.69, 9.17) is 4.74 Å². The Hall–Kier alpha value is -0.810. The van der Waals surface area contributed by atoms with Gasteiger partial charge in [-0.1, -0.05) is 19.3 Å². The van der Waals surface area contributed by atoms with Crippen LogP contribution in [0.3, 0.4) is 0 Å². The normalized spacial score (nSPS) is 25.7. The zero-order valence-corrected chi connectivity index (χ0v) is 11.0. The summed E-state index contributed by atoms with van der Waals surface area (Å²) in [7, 11) is 0. The molecule has 0 aromatic rings. The number of morpholine rings is 1. The van der Waals surface area contributed by atoms with Gasteiger partial charge in [0, 0.05) is 25.2 Å². The highest BCUT2D eigenvalue weighted by molar-refractivity contribution is 5.74. The third-order valence-corrected chi connectivity index (χ3v) is 3.72. The fourth-order valence-electron chi connectivity index (χ4n) is 2.65. The van der Waals surface area contributed by atoms with E-state index < -0.39 is 0 Å². The van der Waals surface area contributed by atoms with Gasteiger partial charge in [-0.2, -0.15) is 0 Å². The van der Waals surface area contributed by atoms with Crippen molar-refractivity contribution >= 4 is 6.03 Å². The molecule has 2 amide bonds. The van der Waals surface area contributed by atoms with Crippen molar-refractivity contribution in [1.82, 2.24) is 16.0 Å². The average molecular weight is 255 g/mol. The standard InChI is InChI=1S/C13H25N3O2/c17-13(16-11-4-2-1-3-5-11)15-7-6-12-10-18-9-8-14-12/h11-12,14H,1-10H2,(H2,15,16,17). The summed E-state index contributed by atoms with van der Waals surface area (Å²) in [5, 5.41) is 9.36. The van der Waals surface area contributed by atoms with Crippen LogP contribution < -0.4 is 16.0 Å². The number of rotatable bonds is 4. The molecule has 1 saturated heterocycles. The van der Waals surface area contributed by atoms with Crippen molar-refractivity contribution in [3.8, 4) is 0 Å². The SMILES string of the molecule is O=C(NCCC1COCCN1)NC1CCCCC1. The monoisotopic (exact) mass is 255 g/mol. The summed E-state index contributed by atoms with van der Waals surface area (Å²) in [5.74, 6) is 0. The predicted molar refractivity (Wildman–Crippen MR) is 70.6 cm³/mol. The Bertz CT molecular complexity index is 249. The molecule has 2 rings (SSSR count). The summed E-state index contributed by atoms with van der Waals surface area (Å²) in [6.07, 6.45) is 6.99. The van der Waals surface area contributed by atoms with Gasteiger partial charge in [-0.25, -0.2) is 4.79 Å². The van der Waals surface area contributed by atoms with E-state index in [0.717, 1.165) is 39.0 Å². The van der Waals surface area contributed by atoms with Crippen LogP contribution in [0.25, 0.3) is 0 Å². The van der Waals surface area contributed by atoms with E-state index >= 15 is 0 Å². The van der Waals surface area contributed by atoms with Crippen molar-refractivity contribution in [2.45, 2.75) is 50.6 Å². The first-order valence-corrected chi connectivity index (χ1v) is 7.20. The van der Waals surface area contributed by atoms with Crippen LogP contribution in [-0.4, -0.2) is 44.4 Å². The second-order valence-electron chi connectivity index (χ2n) is 5.25. The highest BCUT2D eigenvalue weighted by Gasteiger charge is 2.16. The third kappa shape index (κ3) is 4.82. The topological polar surface area (TPSA) is 62.4 Å². The first-order chi connectivity index (χ1) is 8.84. The van der Waals surface area contributed by atoms with Crippen molar-refractivity contribution in [2.75, 3.05) is 26.3 Å². The number of amides is 2. The van der Waals surface area contributed by atoms with Gasteiger partial charge >= 0.3 is 6.03 Å². The van der Waals surface area contributed by atoms with Gasteiger partial charge < -0.3 is 20.7 Å². The van der Waals surface area contributed by atoms with Crippen LogP contribution >= 0.6 is 0 Å². The number of ether oxygens (including phenoxy) is 1. The van der Waals surface area contributed by atoms with E-state index in [0.29, 0.717) is 18.6 Å². The van der Waals surface area contributed by atoms with Crippen LogP contribution in [0.2, 0.25) is 0 Å². The van der Waals surface area contributed by atoms with Gasteiger partial charge in [0.25, 0.3) is 0 Å². The minimum atomic E-state index is -0.0152. The quantitative estimate of drug-likeness (QED) is 0.702. The predicted octanol–water partition coefficient (Wildman–Crippen LogP) is 0.997. The van der Waals surface area contributed by atoms with Crippen LogP contribution in [0.5, 0.6) is 0 Å². The second-order valence-corrected chi connectivity index (χ2v) is 5.25. The summed E-state index contributed by atoms with van der Waals surface area (Å²) >= 11 is 0. The smallest absolute Gasteiger partial charge is 0.315 e. The number of nitrogens with one attached hydrogen (secondary N) is 3. The zero-order valence-electron chi connectivity index (χ0n) is 11.0. The number of urea groups is 1. The molecule has 5 heteroatoms. The van der Waals surface area contributed by atoms with Crippen molar-refractivity contribution in [3.63, 3.8) is 0 Å². The molecule has 104 valence electrons. The number of hydrogen-bond donors (Lipinski definition) is 3. The highest BCUT2D eigenvalue weighted by atomic mass is 16.5. The molecule has 1 saturated carbocycles. The maximum atomic E-state index is 11.7. The van der Waals surface area contributed by atoms with Crippen LogP contribution in [0.4, 0.5) is 4.79 Å². The van der Waals surface area contributed by atoms with Gasteiger partial charge in [0.15, 0.2) is 0 Å². The number of carbonyl (C=O) groups excluding carboxylic acids is 1. The first-order valence-electron chi connectivity index (χ1n) is 7.20. The molecule has 1 heterocycles. The Morgan fingerprint density at radius 2 is 2.11 bits per heavy atom. The molecular weight excluding hydrogens is 230 g/mol. The summed E-state index contributed by atoms with van der Waals surface area (Å²) < 4.78 is 5.37. The van der Waals surface area contributed by atoms with Gasteiger partial charge in [-0.15, -0.1) is 0 Å². The van der Waals surface area contributed by atoms with Crippen LogP contribution in [0, 0.1) is 0 Å². The summed E-state index contributed by atoms with van der Waals surface area (Å²) in [6.45, 7) is 3.18. The van der Waals surface area contributed by atoms with Gasteiger partial charge in [0.1, 0.15) is 0 Å². The van der Waals surface area contributed by atoms with Crippen molar-refractivity contribution in [2.24, 2.45) is 0 Å². The minimum Gasteiger partial charge on any atom is -0.379 e. The average Bonchev–Trinajstić information content (AvgIpc) is 2.41. The van der Waals surface area contributed by atoms with E-state index in [2.05, 4.69) is 16.0 Å². The molecule has 0 bridgehead atoms. The van der Waals surface area contributed by atoms with E-state index in [1.54, 1.807) is 0 Å². The van der Waals surface area contributed by atoms with E-state index in [1.165, 1.54) is 19.3 Å². The van der Waals surface area contributed by atoms with Crippen LogP contribution in [-0.2, 0) is 4.74 Å². The van der Waals surface area contributed by atoms with Crippen LogP contribution in [0.1, 0.15) is 38.5 Å². The molecular formula is C13H25N3O2. The maximum Gasteiger partial charge on any atom is 0.315 e. The van der Waals surface area contributed by atoms with Gasteiger partial charge in [-0.05, 0) is 19.3 Å². The molecule has 0 aromatic heterocycles. The molecule has 1 atom stereocenters. The lowest BCUT2D eigenvalue weighted by molar-refractivity contribution is 0.0744. The lowest BCUT2D eigenvalue weighted by Crippen LogP contribution is -2.46. The molecule has 1 unspecified atom stereocenters. The fraction of sp³-hybridized carbons (Fsp3) is 0.923. The Balaban J connectivity index is 1.53. The Morgan fingerprint density at radius 1 is 1.28 bits per heavy atom. The van der Waals surface area contributed by atoms with Crippen molar-refractivity contribution < 1.29 is 9.53 Å². The molecule has 18 heavy (non-hydrogen) atoms. The third-order valence-electron chi connectivity index (χ3n) is 3.72. The Labute approximate surface area is 109 Å². The van der Waals surface area contributed by atoms with Crippen molar-refractivity contribution in [3.05, 3.63) is 0 Å². The van der Waals surface area contributed by atoms with E-state index in [-0.39, 0.29) is 6.03 Å². The molecule has 0 radical (unpaired) electrons. The van der Waals surface area contributed by atoms with E-state index in [1.807, 2.05) is 0 Å². The number of hydrogen-bond acceptors (Lipinski definition) is 3. The van der Waals surface area contributed by atoms with Crippen molar-refractivity contribution in [1.29, 1.82) is 0 Å². The molecule has 2 fully saturated rings. The second kappa shape index (κ2) is 7.59. The Morgan fingerprint density at radius 3 is 2.83 bits per heavy atom. The molecule has 0 spiro atoms. The first kappa shape index (κ1) is 13.6. The number of carbonyl (C=O) groups is 1. The summed E-state index contributed by atoms with van der Waals surface area (Å²) in [4.78, 5) is 11.7. The minimum absolute atomic E-state index is 0.0152. The highest BCUT2D eigenvalue weighted by Crippen LogP contribution is 2.17. The molecule has 2 aliphatic rings. The van der Waals surface area contributed by atoms with E-state index in [9.17, 15) is 4.79 Å². The fourth-order valence-corrected chi connectivity index (χ4v) is 2.65. The molecule has 5 nitrogen and oxygen atoms in total. The Kier molecular flexibility index (Phi) is 5.74. The lowest BCUT2D eigenvalue weighted by atomic mass is 9.96. The largest absolute Gasteiger partial charge is 0.379 e. The lowest BCUT2D eigenvalue weighted by Gasteiger charge is -2.25. The summed E-state index contributed by atoms with van der Waals surface area (Å²) in [5.41, 5.74) is 0. The maximum absolute atomic E-state index is 11.7.